The molecule has 0 saturated carbocycles. The fourth-order valence-electron chi connectivity index (χ4n) is 1.79. The van der Waals surface area contributed by atoms with Gasteiger partial charge in [0.15, 0.2) is 23.0 Å². The zero-order valence-electron chi connectivity index (χ0n) is 11.5. The molecule has 0 heterocycles. The second-order valence-corrected chi connectivity index (χ2v) is 5.31. The van der Waals surface area contributed by atoms with Crippen LogP contribution in [0.3, 0.4) is 0 Å². The largest absolute Gasteiger partial charge is 0.504 e. The van der Waals surface area contributed by atoms with Crippen molar-refractivity contribution < 1.29 is 19.7 Å². The van der Waals surface area contributed by atoms with Crippen LogP contribution in [0.1, 0.15) is 5.56 Å². The zero-order chi connectivity index (χ0) is 14.7. The molecule has 5 heteroatoms. The molecular formula is C15H16O4S. The summed E-state index contributed by atoms with van der Waals surface area (Å²) < 4.78 is 10.3. The minimum atomic E-state index is 0.0767. The fraction of sp³-hybridized carbons (Fsp3) is 0.200. The Hall–Kier alpha value is -2.01. The van der Waals surface area contributed by atoms with Crippen LogP contribution >= 0.6 is 11.8 Å². The normalized spacial score (nSPS) is 10.3. The molecule has 106 valence electrons. The SMILES string of the molecule is COc1ccc(Sc2ccc(C)c(O)c2OC)cc1O. The van der Waals surface area contributed by atoms with E-state index in [9.17, 15) is 10.2 Å². The maximum absolute atomic E-state index is 9.99. The first-order chi connectivity index (χ1) is 9.56. The van der Waals surface area contributed by atoms with Crippen molar-refractivity contribution in [2.75, 3.05) is 14.2 Å². The second-order valence-electron chi connectivity index (χ2n) is 4.20. The Morgan fingerprint density at radius 2 is 1.75 bits per heavy atom. The summed E-state index contributed by atoms with van der Waals surface area (Å²) in [7, 11) is 3.02. The summed E-state index contributed by atoms with van der Waals surface area (Å²) in [6, 6.07) is 8.83. The highest BCUT2D eigenvalue weighted by molar-refractivity contribution is 7.99. The van der Waals surface area contributed by atoms with E-state index in [1.54, 1.807) is 12.1 Å². The van der Waals surface area contributed by atoms with Crippen LogP contribution in [0, 0.1) is 6.92 Å². The number of ether oxygens (including phenoxy) is 2. The van der Waals surface area contributed by atoms with Gasteiger partial charge in [-0.3, -0.25) is 0 Å². The van der Waals surface area contributed by atoms with Crippen LogP contribution < -0.4 is 9.47 Å². The van der Waals surface area contributed by atoms with Crippen molar-refractivity contribution >= 4 is 11.8 Å². The lowest BCUT2D eigenvalue weighted by atomic mass is 10.2. The molecule has 0 aliphatic heterocycles. The summed E-state index contributed by atoms with van der Waals surface area (Å²) >= 11 is 1.39. The highest BCUT2D eigenvalue weighted by Gasteiger charge is 2.13. The Bertz CT molecular complexity index is 626. The number of phenols is 2. The van der Waals surface area contributed by atoms with Gasteiger partial charge in [-0.1, -0.05) is 17.8 Å². The van der Waals surface area contributed by atoms with Crippen molar-refractivity contribution in [3.8, 4) is 23.0 Å². The van der Waals surface area contributed by atoms with Crippen LogP contribution in [0.25, 0.3) is 0 Å². The summed E-state index contributed by atoms with van der Waals surface area (Å²) in [5.41, 5.74) is 0.753. The average Bonchev–Trinajstić information content (AvgIpc) is 2.43. The molecule has 2 aromatic rings. The van der Waals surface area contributed by atoms with Crippen molar-refractivity contribution in [1.82, 2.24) is 0 Å². The van der Waals surface area contributed by atoms with Crippen LogP contribution in [0.5, 0.6) is 23.0 Å². The Morgan fingerprint density at radius 1 is 1.00 bits per heavy atom. The molecule has 0 fully saturated rings. The molecule has 2 N–H and O–H groups in total. The maximum atomic E-state index is 9.99. The fourth-order valence-corrected chi connectivity index (χ4v) is 2.76. The van der Waals surface area contributed by atoms with Gasteiger partial charge in [-0.05, 0) is 36.8 Å². The van der Waals surface area contributed by atoms with Crippen LogP contribution in [0.4, 0.5) is 0 Å². The zero-order valence-corrected chi connectivity index (χ0v) is 12.3. The third-order valence-corrected chi connectivity index (χ3v) is 3.91. The third-order valence-electron chi connectivity index (χ3n) is 2.88. The van der Waals surface area contributed by atoms with Crippen molar-refractivity contribution in [2.24, 2.45) is 0 Å². The topological polar surface area (TPSA) is 58.9 Å². The van der Waals surface area contributed by atoms with E-state index < -0.39 is 0 Å². The quantitative estimate of drug-likeness (QED) is 0.902. The van der Waals surface area contributed by atoms with E-state index in [1.807, 2.05) is 25.1 Å². The lowest BCUT2D eigenvalue weighted by Crippen LogP contribution is -1.89. The first-order valence-corrected chi connectivity index (χ1v) is 6.80. The van der Waals surface area contributed by atoms with Gasteiger partial charge < -0.3 is 19.7 Å². The molecule has 20 heavy (non-hydrogen) atoms. The number of phenolic OH excluding ortho intramolecular Hbond substituents is 2. The van der Waals surface area contributed by atoms with E-state index in [4.69, 9.17) is 9.47 Å². The molecule has 2 aromatic carbocycles. The standard InChI is InChI=1S/C15H16O4S/c1-9-4-7-13(15(19-3)14(9)17)20-10-5-6-12(18-2)11(16)8-10/h4-8,16-17H,1-3H3. The van der Waals surface area contributed by atoms with Gasteiger partial charge in [-0.15, -0.1) is 0 Å². The van der Waals surface area contributed by atoms with Crippen molar-refractivity contribution in [3.05, 3.63) is 35.9 Å². The summed E-state index contributed by atoms with van der Waals surface area (Å²) in [5.74, 6) is 1.07. The van der Waals surface area contributed by atoms with Gasteiger partial charge >= 0.3 is 0 Å². The molecule has 0 aliphatic rings. The molecule has 0 bridgehead atoms. The number of methoxy groups -OCH3 is 2. The number of rotatable bonds is 4. The molecule has 0 unspecified atom stereocenters. The number of aryl methyl sites for hydroxylation is 1. The van der Waals surface area contributed by atoms with E-state index >= 15 is 0 Å². The minimum absolute atomic E-state index is 0.0767. The molecule has 2 rings (SSSR count). The van der Waals surface area contributed by atoms with Gasteiger partial charge in [0.1, 0.15) is 0 Å². The van der Waals surface area contributed by atoms with Gasteiger partial charge in [0.2, 0.25) is 0 Å². The number of aromatic hydroxyl groups is 2. The molecule has 0 spiro atoms. The van der Waals surface area contributed by atoms with Crippen molar-refractivity contribution in [2.45, 2.75) is 16.7 Å². The smallest absolute Gasteiger partial charge is 0.174 e. The highest BCUT2D eigenvalue weighted by Crippen LogP contribution is 2.43. The molecule has 0 atom stereocenters. The first kappa shape index (κ1) is 14.4. The summed E-state index contributed by atoms with van der Waals surface area (Å²) in [6.45, 7) is 1.81. The van der Waals surface area contributed by atoms with Crippen LogP contribution in [0.15, 0.2) is 40.1 Å². The predicted molar refractivity (Wildman–Crippen MR) is 78.2 cm³/mol. The van der Waals surface area contributed by atoms with Gasteiger partial charge in [0.25, 0.3) is 0 Å². The second kappa shape index (κ2) is 5.96. The number of benzene rings is 2. The summed E-state index contributed by atoms with van der Waals surface area (Å²) in [4.78, 5) is 1.60. The van der Waals surface area contributed by atoms with Crippen molar-refractivity contribution in [3.63, 3.8) is 0 Å². The van der Waals surface area contributed by atoms with Crippen LogP contribution in [-0.4, -0.2) is 24.4 Å². The van der Waals surface area contributed by atoms with E-state index in [0.29, 0.717) is 11.5 Å². The van der Waals surface area contributed by atoms with E-state index in [-0.39, 0.29) is 11.5 Å². The monoisotopic (exact) mass is 292 g/mol. The van der Waals surface area contributed by atoms with Gasteiger partial charge in [0.05, 0.1) is 19.1 Å². The molecule has 0 saturated heterocycles. The molecular weight excluding hydrogens is 276 g/mol. The van der Waals surface area contributed by atoms with E-state index in [2.05, 4.69) is 0 Å². The van der Waals surface area contributed by atoms with Gasteiger partial charge in [-0.2, -0.15) is 0 Å². The lowest BCUT2D eigenvalue weighted by Gasteiger charge is -2.12. The Balaban J connectivity index is 2.35. The van der Waals surface area contributed by atoms with Gasteiger partial charge in [0, 0.05) is 4.90 Å². The van der Waals surface area contributed by atoms with Crippen molar-refractivity contribution in [1.29, 1.82) is 0 Å². The molecule has 4 nitrogen and oxygen atoms in total. The Kier molecular flexibility index (Phi) is 4.29. The Labute approximate surface area is 122 Å². The minimum Gasteiger partial charge on any atom is -0.504 e. The molecule has 0 radical (unpaired) electrons. The third kappa shape index (κ3) is 2.77. The maximum Gasteiger partial charge on any atom is 0.174 e. The Morgan fingerprint density at radius 3 is 2.35 bits per heavy atom. The number of hydrogen-bond donors (Lipinski definition) is 2. The van der Waals surface area contributed by atoms with E-state index in [0.717, 1.165) is 15.4 Å². The number of hydrogen-bond acceptors (Lipinski definition) is 5. The van der Waals surface area contributed by atoms with Crippen LogP contribution in [0.2, 0.25) is 0 Å². The molecule has 0 aliphatic carbocycles. The average molecular weight is 292 g/mol. The molecule has 0 amide bonds. The van der Waals surface area contributed by atoms with Crippen LogP contribution in [-0.2, 0) is 0 Å². The first-order valence-electron chi connectivity index (χ1n) is 5.98. The van der Waals surface area contributed by atoms with Gasteiger partial charge in [-0.25, -0.2) is 0 Å². The molecule has 0 aromatic heterocycles. The highest BCUT2D eigenvalue weighted by atomic mass is 32.2. The summed E-state index contributed by atoms with van der Waals surface area (Å²) in [6.07, 6.45) is 0. The predicted octanol–water partition coefficient (Wildman–Crippen LogP) is 3.57. The lowest BCUT2D eigenvalue weighted by molar-refractivity contribution is 0.363. The summed E-state index contributed by atoms with van der Waals surface area (Å²) in [5, 5.41) is 19.8. The van der Waals surface area contributed by atoms with E-state index in [1.165, 1.54) is 26.0 Å².